The molecule has 0 spiro atoms. The number of nitrogens with zero attached hydrogens (tertiary/aromatic N) is 1. The lowest BCUT2D eigenvalue weighted by molar-refractivity contribution is -0.384. The number of esters is 1. The summed E-state index contributed by atoms with van der Waals surface area (Å²) in [6, 6.07) is 13.9. The first-order chi connectivity index (χ1) is 10.1. The largest absolute Gasteiger partial charge is 0.462 e. The van der Waals surface area contributed by atoms with E-state index in [2.05, 4.69) is 0 Å². The molecule has 0 radical (unpaired) electrons. The fourth-order valence-corrected chi connectivity index (χ4v) is 2.05. The molecule has 108 valence electrons. The molecule has 0 bridgehead atoms. The van der Waals surface area contributed by atoms with Crippen molar-refractivity contribution in [3.8, 4) is 0 Å². The molecule has 5 nitrogen and oxygen atoms in total. The molecule has 0 amide bonds. The van der Waals surface area contributed by atoms with E-state index in [4.69, 9.17) is 4.74 Å². The van der Waals surface area contributed by atoms with E-state index in [1.165, 1.54) is 12.1 Å². The molecular formula is C16H15NO4. The lowest BCUT2D eigenvalue weighted by Gasteiger charge is -2.09. The second-order valence-corrected chi connectivity index (χ2v) is 4.48. The molecule has 0 atom stereocenters. The van der Waals surface area contributed by atoms with Gasteiger partial charge in [-0.05, 0) is 24.5 Å². The summed E-state index contributed by atoms with van der Waals surface area (Å²) < 4.78 is 4.98. The highest BCUT2D eigenvalue weighted by Gasteiger charge is 2.17. The number of hydrogen-bond acceptors (Lipinski definition) is 4. The smallest absolute Gasteiger partial charge is 0.338 e. The van der Waals surface area contributed by atoms with Crippen molar-refractivity contribution in [3.63, 3.8) is 0 Å². The molecule has 2 aromatic rings. The Labute approximate surface area is 122 Å². The molecule has 0 saturated heterocycles. The normalized spacial score (nSPS) is 10.1. The number of hydrogen-bond donors (Lipinski definition) is 0. The molecule has 21 heavy (non-hydrogen) atoms. The molecule has 5 heteroatoms. The topological polar surface area (TPSA) is 69.4 Å². The molecule has 0 aliphatic rings. The molecular weight excluding hydrogens is 270 g/mol. The Morgan fingerprint density at radius 3 is 2.52 bits per heavy atom. The van der Waals surface area contributed by atoms with E-state index in [9.17, 15) is 14.9 Å². The second kappa shape index (κ2) is 6.65. The van der Waals surface area contributed by atoms with Crippen LogP contribution in [0.5, 0.6) is 0 Å². The highest BCUT2D eigenvalue weighted by Crippen LogP contribution is 2.21. The number of rotatable bonds is 5. The summed E-state index contributed by atoms with van der Waals surface area (Å²) >= 11 is 0. The summed E-state index contributed by atoms with van der Waals surface area (Å²) in [4.78, 5) is 22.3. The van der Waals surface area contributed by atoms with Gasteiger partial charge >= 0.3 is 5.97 Å². The van der Waals surface area contributed by atoms with Crippen molar-refractivity contribution in [1.29, 1.82) is 0 Å². The highest BCUT2D eigenvalue weighted by atomic mass is 16.6. The monoisotopic (exact) mass is 285 g/mol. The van der Waals surface area contributed by atoms with E-state index in [0.717, 1.165) is 5.56 Å². The minimum absolute atomic E-state index is 0.116. The van der Waals surface area contributed by atoms with Crippen LogP contribution in [0.15, 0.2) is 48.5 Å². The minimum Gasteiger partial charge on any atom is -0.462 e. The van der Waals surface area contributed by atoms with Gasteiger partial charge in [-0.25, -0.2) is 4.79 Å². The first-order valence-electron chi connectivity index (χ1n) is 6.60. The van der Waals surface area contributed by atoms with Gasteiger partial charge in [-0.3, -0.25) is 10.1 Å². The van der Waals surface area contributed by atoms with Gasteiger partial charge in [0.05, 0.1) is 17.1 Å². The average Bonchev–Trinajstić information content (AvgIpc) is 2.48. The lowest BCUT2D eigenvalue weighted by Crippen LogP contribution is -2.09. The Balaban J connectivity index is 2.39. The van der Waals surface area contributed by atoms with E-state index in [1.807, 2.05) is 30.3 Å². The first kappa shape index (κ1) is 14.7. The molecule has 0 saturated carbocycles. The van der Waals surface area contributed by atoms with Gasteiger partial charge in [0, 0.05) is 12.1 Å². The van der Waals surface area contributed by atoms with Crippen LogP contribution in [0.25, 0.3) is 0 Å². The van der Waals surface area contributed by atoms with Crippen LogP contribution in [0.1, 0.15) is 28.4 Å². The molecule has 0 aliphatic heterocycles. The van der Waals surface area contributed by atoms with Crippen LogP contribution >= 0.6 is 0 Å². The predicted octanol–water partition coefficient (Wildman–Crippen LogP) is 3.36. The zero-order valence-electron chi connectivity index (χ0n) is 11.6. The summed E-state index contributed by atoms with van der Waals surface area (Å²) in [7, 11) is 0. The molecule has 0 aliphatic carbocycles. The van der Waals surface area contributed by atoms with Gasteiger partial charge in [-0.2, -0.15) is 0 Å². The van der Waals surface area contributed by atoms with E-state index in [1.54, 1.807) is 13.0 Å². The molecule has 2 rings (SSSR count). The minimum atomic E-state index is -0.535. The fourth-order valence-electron chi connectivity index (χ4n) is 2.05. The van der Waals surface area contributed by atoms with Crippen molar-refractivity contribution in [1.82, 2.24) is 0 Å². The maximum absolute atomic E-state index is 12.0. The Bertz CT molecular complexity index is 653. The molecule has 0 heterocycles. The molecule has 0 aromatic heterocycles. The van der Waals surface area contributed by atoms with Gasteiger partial charge in [-0.1, -0.05) is 36.4 Å². The van der Waals surface area contributed by atoms with Crippen molar-refractivity contribution in [2.45, 2.75) is 13.3 Å². The molecule has 2 aromatic carbocycles. The maximum Gasteiger partial charge on any atom is 0.338 e. The number of carbonyl (C=O) groups excluding carboxylic acids is 1. The lowest BCUT2D eigenvalue weighted by atomic mass is 9.99. The van der Waals surface area contributed by atoms with Crippen LogP contribution in [-0.2, 0) is 11.2 Å². The Morgan fingerprint density at radius 2 is 1.90 bits per heavy atom. The maximum atomic E-state index is 12.0. The van der Waals surface area contributed by atoms with Crippen LogP contribution in [0.2, 0.25) is 0 Å². The van der Waals surface area contributed by atoms with Gasteiger partial charge in [-0.15, -0.1) is 0 Å². The molecule has 0 fully saturated rings. The second-order valence-electron chi connectivity index (χ2n) is 4.48. The number of ether oxygens (including phenoxy) is 1. The van der Waals surface area contributed by atoms with Crippen molar-refractivity contribution in [3.05, 3.63) is 75.3 Å². The standard InChI is InChI=1S/C16H15NO4/c1-2-21-16(18)15-11-14(17(19)20)9-8-13(15)10-12-6-4-3-5-7-12/h3-9,11H,2,10H2,1H3. The van der Waals surface area contributed by atoms with Crippen LogP contribution in [0.3, 0.4) is 0 Å². The summed E-state index contributed by atoms with van der Waals surface area (Å²) in [5.41, 5.74) is 1.87. The Kier molecular flexibility index (Phi) is 4.66. The number of carbonyl (C=O) groups is 1. The summed E-state index contributed by atoms with van der Waals surface area (Å²) in [6.45, 7) is 1.93. The summed E-state index contributed by atoms with van der Waals surface area (Å²) in [6.07, 6.45) is 0.521. The third kappa shape index (κ3) is 3.66. The number of nitro benzene ring substituents is 1. The quantitative estimate of drug-likeness (QED) is 0.480. The fraction of sp³-hybridized carbons (Fsp3) is 0.188. The van der Waals surface area contributed by atoms with Crippen molar-refractivity contribution < 1.29 is 14.5 Å². The summed E-state index contributed by atoms with van der Waals surface area (Å²) in [5, 5.41) is 10.9. The number of benzene rings is 2. The van der Waals surface area contributed by atoms with Gasteiger partial charge in [0.1, 0.15) is 0 Å². The van der Waals surface area contributed by atoms with Gasteiger partial charge in [0.15, 0.2) is 0 Å². The van der Waals surface area contributed by atoms with Crippen molar-refractivity contribution in [2.75, 3.05) is 6.61 Å². The predicted molar refractivity (Wildman–Crippen MR) is 78.3 cm³/mol. The van der Waals surface area contributed by atoms with E-state index in [0.29, 0.717) is 12.0 Å². The zero-order valence-corrected chi connectivity index (χ0v) is 11.6. The van der Waals surface area contributed by atoms with Crippen molar-refractivity contribution >= 4 is 11.7 Å². The number of nitro groups is 1. The van der Waals surface area contributed by atoms with Crippen molar-refractivity contribution in [2.24, 2.45) is 0 Å². The van der Waals surface area contributed by atoms with E-state index in [-0.39, 0.29) is 17.9 Å². The van der Waals surface area contributed by atoms with Crippen LogP contribution in [-0.4, -0.2) is 17.5 Å². The summed E-state index contributed by atoms with van der Waals surface area (Å²) in [5.74, 6) is -0.535. The number of non-ortho nitro benzene ring substituents is 1. The Morgan fingerprint density at radius 1 is 1.19 bits per heavy atom. The molecule has 0 unspecified atom stereocenters. The average molecular weight is 285 g/mol. The van der Waals surface area contributed by atoms with Gasteiger partial charge < -0.3 is 4.74 Å². The van der Waals surface area contributed by atoms with E-state index >= 15 is 0 Å². The SMILES string of the molecule is CCOC(=O)c1cc([N+](=O)[O-])ccc1Cc1ccccc1. The third-order valence-electron chi connectivity index (χ3n) is 3.04. The third-order valence-corrected chi connectivity index (χ3v) is 3.04. The molecule has 0 N–H and O–H groups in total. The van der Waals surface area contributed by atoms with Gasteiger partial charge in [0.2, 0.25) is 0 Å². The zero-order chi connectivity index (χ0) is 15.2. The first-order valence-corrected chi connectivity index (χ1v) is 6.60. The van der Waals surface area contributed by atoms with Crippen LogP contribution in [0, 0.1) is 10.1 Å². The van der Waals surface area contributed by atoms with Gasteiger partial charge in [0.25, 0.3) is 5.69 Å². The van der Waals surface area contributed by atoms with Crippen LogP contribution < -0.4 is 0 Å². The Hall–Kier alpha value is -2.69. The van der Waals surface area contributed by atoms with E-state index < -0.39 is 10.9 Å². The van der Waals surface area contributed by atoms with Crippen LogP contribution in [0.4, 0.5) is 5.69 Å². The highest BCUT2D eigenvalue weighted by molar-refractivity contribution is 5.92.